The standard InChI is InChI=1S/C18H20Si.C15H20Si.C15H32Si.C14H28Si.C13H24Si.C12H20Si.C10H18Si.C8H16O2Si.C8H18O2Si.C8H16Si.C6H14Si/c1-3-15-19(16-4-2,17-11-7-5-8-12-17)18-13-9-6-10-14-18;1-4-12-16(13-5-2,14-6-3)15-10-8-7-9-11-15;1-5-9-13-16(12-8-4,14-10-6-2)15-11-7-3;1-5-9-13-15(11-7-3,12-8-4)14-10-6-2;1-5-9-13-14(10-6-2,11-7-3)12-8-4;1-5-9-13(10-6-2,11-7-3)12-8-4;1-5-8-11(4,9-6-2)10-7-3;1-5-7-9-11(3,4)10-8-6-2;1-5-8-11(4,9-6-2)10-7-3;1-5-7-9(3,4)8-6-2;1-5-6-7(2,3)4/h3-14H,1-2,15-16H2;4-11H,1-3,12-14H2;8H,4-7,9-15H2,1-3H3;7-8H,3-6,9-14H2,1-2H3;6-8H,2-5,9-13H2,1H3;5-8H,1-4,9-12H2;5-7H,1-3,8-10H2,4H3;5-6H,1-2,7-8H2,3-4H3;5H,1,6-8H2,2-4H3;5-6H,1-2,7-8H2,3-4H3;5H,1,6H2,2-4H3. The number of unbranched alkanes of at least 4 members (excludes halogenated alkanes) is 6. The summed E-state index contributed by atoms with van der Waals surface area (Å²) in [7, 11) is -14.4. The number of allylic oxidation sites excluding steroid dienone is 22. The molecule has 0 aliphatic carbocycles. The van der Waals surface area contributed by atoms with Gasteiger partial charge in [0.1, 0.15) is 8.07 Å². The van der Waals surface area contributed by atoms with E-state index in [4.69, 9.17) is 17.7 Å². The Bertz CT molecular complexity index is 3500. The summed E-state index contributed by atoms with van der Waals surface area (Å²) in [6.07, 6.45) is 65.2. The second kappa shape index (κ2) is 99.3. The summed E-state index contributed by atoms with van der Waals surface area (Å²) < 4.78 is 22.0. The highest BCUT2D eigenvalue weighted by molar-refractivity contribution is 7.03. The lowest BCUT2D eigenvalue weighted by Gasteiger charge is -2.31. The molecule has 142 heavy (non-hydrogen) atoms. The number of hydrogen-bond donors (Lipinski definition) is 0. The van der Waals surface area contributed by atoms with Gasteiger partial charge in [-0.15, -0.1) is 158 Å². The van der Waals surface area contributed by atoms with Crippen LogP contribution in [0.5, 0.6) is 0 Å². The normalized spacial score (nSPS) is 11.0. The third-order valence-corrected chi connectivity index (χ3v) is 67.7. The Hall–Kier alpha value is -6.35. The lowest BCUT2D eigenvalue weighted by atomic mass is 10.4. The van der Waals surface area contributed by atoms with Gasteiger partial charge in [-0.05, 0) is 160 Å². The first-order valence-electron chi connectivity index (χ1n) is 54.1. The second-order valence-electron chi connectivity index (χ2n) is 41.1. The molecular formula is C127H226O4Si11. The molecule has 0 fully saturated rings. The summed E-state index contributed by atoms with van der Waals surface area (Å²) in [6, 6.07) is 67.0. The number of hydrogen-bond acceptors (Lipinski definition) is 4. The minimum absolute atomic E-state index is 0.566. The van der Waals surface area contributed by atoms with E-state index in [9.17, 15) is 0 Å². The van der Waals surface area contributed by atoms with Crippen molar-refractivity contribution in [1.29, 1.82) is 0 Å². The molecule has 0 aromatic heterocycles. The minimum Gasteiger partial charge on any atom is -0.394 e. The van der Waals surface area contributed by atoms with Gasteiger partial charge in [-0.1, -0.05) is 447 Å². The molecule has 0 N–H and O–H groups in total. The van der Waals surface area contributed by atoms with Crippen LogP contribution in [-0.4, -0.2) is 116 Å². The molecular weight excluding hydrogens is 1900 g/mol. The van der Waals surface area contributed by atoms with Gasteiger partial charge in [0.15, 0.2) is 0 Å². The Morgan fingerprint density at radius 3 is 0.662 bits per heavy atom. The van der Waals surface area contributed by atoms with Crippen LogP contribution in [0, 0.1) is 0 Å². The first-order valence-corrected chi connectivity index (χ1v) is 86.0. The molecule has 3 rings (SSSR count). The molecule has 0 aliphatic heterocycles. The van der Waals surface area contributed by atoms with E-state index in [1.54, 1.807) is 30.3 Å². The van der Waals surface area contributed by atoms with E-state index in [-0.39, 0.29) is 0 Å². The van der Waals surface area contributed by atoms with Gasteiger partial charge in [0.05, 0.1) is 69.7 Å². The topological polar surface area (TPSA) is 36.9 Å². The molecule has 0 amide bonds. The first kappa shape index (κ1) is 151. The van der Waals surface area contributed by atoms with Crippen molar-refractivity contribution < 1.29 is 17.7 Å². The summed E-state index contributed by atoms with van der Waals surface area (Å²) in [6.45, 7) is 132. The third kappa shape index (κ3) is 79.8. The molecule has 0 saturated carbocycles. The fraction of sp³-hybridized carbons (Fsp3) is 0.480. The van der Waals surface area contributed by atoms with E-state index in [1.165, 1.54) is 183 Å². The van der Waals surface area contributed by atoms with Crippen LogP contribution in [0.25, 0.3) is 0 Å². The number of rotatable bonds is 75. The molecule has 0 heterocycles. The quantitative estimate of drug-likeness (QED) is 0.0417. The highest BCUT2D eigenvalue weighted by Crippen LogP contribution is 2.35. The van der Waals surface area contributed by atoms with Gasteiger partial charge in [0.25, 0.3) is 0 Å². The largest absolute Gasteiger partial charge is 0.394 e. The van der Waals surface area contributed by atoms with E-state index in [0.717, 1.165) is 73.7 Å². The van der Waals surface area contributed by atoms with Crippen molar-refractivity contribution in [1.82, 2.24) is 0 Å². The fourth-order valence-electron chi connectivity index (χ4n) is 17.9. The average molecular weight is 2130 g/mol. The summed E-state index contributed by atoms with van der Waals surface area (Å²) >= 11 is 0. The van der Waals surface area contributed by atoms with Crippen LogP contribution in [0.4, 0.5) is 0 Å². The lowest BCUT2D eigenvalue weighted by Crippen LogP contribution is -2.57. The highest BCUT2D eigenvalue weighted by Gasteiger charge is 2.37. The Labute approximate surface area is 897 Å². The zero-order chi connectivity index (χ0) is 110. The predicted octanol–water partition coefficient (Wildman–Crippen LogP) is 41.5. The molecule has 802 valence electrons. The molecule has 0 bridgehead atoms. The Kier molecular flexibility index (Phi) is 106. The predicted molar refractivity (Wildman–Crippen MR) is 698 cm³/mol. The fourth-order valence-corrected chi connectivity index (χ4v) is 51.5. The van der Waals surface area contributed by atoms with Gasteiger partial charge in [0.2, 0.25) is 0 Å². The zero-order valence-electron chi connectivity index (χ0n) is 96.2. The molecule has 4 nitrogen and oxygen atoms in total. The monoisotopic (exact) mass is 2120 g/mol. The van der Waals surface area contributed by atoms with Gasteiger partial charge in [-0.2, -0.15) is 0 Å². The van der Waals surface area contributed by atoms with Crippen LogP contribution < -0.4 is 15.6 Å². The van der Waals surface area contributed by atoms with Crippen LogP contribution >= 0.6 is 0 Å². The second-order valence-corrected chi connectivity index (χ2v) is 90.8. The molecule has 3 aromatic carbocycles. The van der Waals surface area contributed by atoms with Crippen molar-refractivity contribution in [3.8, 4) is 0 Å². The third-order valence-electron chi connectivity index (χ3n) is 25.3. The molecule has 0 spiro atoms. The van der Waals surface area contributed by atoms with Crippen LogP contribution in [0.15, 0.2) is 395 Å². The SMILES string of the molecule is C=CCO[Si](C)(C)OCC=C.C=CC[Si](C)(C)C.C=CC[Si](C)(C)CC=C.C=CC[Si](C)(CC=C)CC=C.C=CC[Si](C)(OCC)OCC.C=CC[Si](CC=C)(CC=C)CC=C.C=CC[Si](CC=C)(CC=C)CCCC.C=CC[Si](CC=C)(CC=C)c1ccccc1.C=CC[Si](CC=C)(CCCC)CCCC.C=CC[Si](CC=C)(c1ccccc1)c1ccccc1.C=CC[Si](CCCC)(CCCC)CCCC. The van der Waals surface area contributed by atoms with Gasteiger partial charge >= 0.3 is 17.1 Å². The van der Waals surface area contributed by atoms with E-state index in [0.29, 0.717) is 13.2 Å². The van der Waals surface area contributed by atoms with Crippen LogP contribution in [-0.2, 0) is 17.7 Å². The maximum atomic E-state index is 5.56. The molecule has 3 aromatic rings. The van der Waals surface area contributed by atoms with E-state index in [2.05, 4.69) is 385 Å². The Balaban J connectivity index is -0.000000234. The van der Waals surface area contributed by atoms with E-state index >= 15 is 0 Å². The van der Waals surface area contributed by atoms with Crippen LogP contribution in [0.2, 0.25) is 228 Å². The smallest absolute Gasteiger partial charge is 0.338 e. The maximum absolute atomic E-state index is 5.56. The molecule has 0 atom stereocenters. The van der Waals surface area contributed by atoms with Crippen molar-refractivity contribution in [3.63, 3.8) is 0 Å². The Morgan fingerprint density at radius 1 is 0.211 bits per heavy atom. The molecule has 0 saturated heterocycles. The molecule has 0 unspecified atom stereocenters. The maximum Gasteiger partial charge on any atom is 0.338 e. The highest BCUT2D eigenvalue weighted by atomic mass is 28.4. The van der Waals surface area contributed by atoms with Crippen molar-refractivity contribution >= 4 is 105 Å². The summed E-state index contributed by atoms with van der Waals surface area (Å²) in [4.78, 5) is 0. The van der Waals surface area contributed by atoms with Crippen molar-refractivity contribution in [2.75, 3.05) is 26.4 Å². The molecule has 15 heteroatoms. The van der Waals surface area contributed by atoms with Crippen LogP contribution in [0.3, 0.4) is 0 Å². The zero-order valence-corrected chi connectivity index (χ0v) is 107. The lowest BCUT2D eigenvalue weighted by molar-refractivity contribution is 0.192. The summed E-state index contributed by atoms with van der Waals surface area (Å²) in [5, 5.41) is 4.40. The van der Waals surface area contributed by atoms with Gasteiger partial charge < -0.3 is 17.7 Å². The molecule has 0 radical (unpaired) electrons. The van der Waals surface area contributed by atoms with E-state index < -0.39 is 89.8 Å². The van der Waals surface area contributed by atoms with Gasteiger partial charge in [0, 0.05) is 27.3 Å². The minimum atomic E-state index is -1.89. The van der Waals surface area contributed by atoms with Crippen LogP contribution in [0.1, 0.15) is 132 Å². The summed E-state index contributed by atoms with van der Waals surface area (Å²) in [5.41, 5.74) is 0. The number of benzene rings is 3. The van der Waals surface area contributed by atoms with Gasteiger partial charge in [-0.3, -0.25) is 0 Å². The van der Waals surface area contributed by atoms with Crippen molar-refractivity contribution in [2.24, 2.45) is 0 Å². The van der Waals surface area contributed by atoms with Crippen molar-refractivity contribution in [3.05, 3.63) is 395 Å². The first-order chi connectivity index (χ1) is 67.8. The van der Waals surface area contributed by atoms with E-state index in [1.807, 2.05) is 112 Å². The molecule has 0 aliphatic rings. The average Bonchev–Trinajstić information content (AvgIpc) is 0.781. The summed E-state index contributed by atoms with van der Waals surface area (Å²) in [5.74, 6) is 0. The van der Waals surface area contributed by atoms with Gasteiger partial charge in [-0.25, -0.2) is 0 Å². The van der Waals surface area contributed by atoms with Crippen molar-refractivity contribution in [2.45, 2.75) is 361 Å². The Morgan fingerprint density at radius 2 is 0.437 bits per heavy atom.